The summed E-state index contributed by atoms with van der Waals surface area (Å²) in [5.74, 6) is -0.874. The fourth-order valence-corrected chi connectivity index (χ4v) is 2.37. The van der Waals surface area contributed by atoms with Crippen LogP contribution in [0.15, 0.2) is 59.0 Å². The molecule has 1 N–H and O–H groups in total. The van der Waals surface area contributed by atoms with Gasteiger partial charge in [-0.15, -0.1) is 10.2 Å². The van der Waals surface area contributed by atoms with Crippen molar-refractivity contribution in [3.63, 3.8) is 0 Å². The van der Waals surface area contributed by atoms with E-state index in [1.165, 1.54) is 24.3 Å². The fourth-order valence-electron chi connectivity index (χ4n) is 2.37. The average Bonchev–Trinajstić information content (AvgIpc) is 3.23. The Hall–Kier alpha value is -4.08. The van der Waals surface area contributed by atoms with Gasteiger partial charge in [0.05, 0.1) is 4.92 Å². The molecule has 0 unspecified atom stereocenters. The van der Waals surface area contributed by atoms with Gasteiger partial charge in [-0.25, -0.2) is 0 Å². The summed E-state index contributed by atoms with van der Waals surface area (Å²) in [6.45, 7) is 1.23. The first-order chi connectivity index (χ1) is 13.9. The number of hydrogen-bond acceptors (Lipinski definition) is 8. The molecule has 29 heavy (non-hydrogen) atoms. The Balaban J connectivity index is 1.55. The second-order valence-electron chi connectivity index (χ2n) is 5.93. The molecule has 10 nitrogen and oxygen atoms in total. The van der Waals surface area contributed by atoms with Gasteiger partial charge in [-0.3, -0.25) is 19.7 Å². The summed E-state index contributed by atoms with van der Waals surface area (Å²) < 4.78 is 10.7. The van der Waals surface area contributed by atoms with Crippen molar-refractivity contribution in [2.24, 2.45) is 0 Å². The van der Waals surface area contributed by atoms with Crippen LogP contribution >= 0.6 is 0 Å². The average molecular weight is 396 g/mol. The molecule has 0 aliphatic heterocycles. The Kier molecular flexibility index (Phi) is 5.93. The standard InChI is InChI=1S/C19H16N4O6/c1-12(28-16(24)11-20-17(25)13-5-3-2-4-6-13)18-21-22-19(29-18)14-7-9-15(10-8-14)23(26)27/h2-10,12H,11H2,1H3,(H,20,25)/t12-/m1/s1. The van der Waals surface area contributed by atoms with Crippen LogP contribution in [0.1, 0.15) is 29.3 Å². The van der Waals surface area contributed by atoms with Gasteiger partial charge in [-0.1, -0.05) is 18.2 Å². The molecule has 0 fully saturated rings. The van der Waals surface area contributed by atoms with Crippen LogP contribution in [0.25, 0.3) is 11.5 Å². The van der Waals surface area contributed by atoms with Gasteiger partial charge >= 0.3 is 5.97 Å². The molecule has 2 aromatic carbocycles. The minimum Gasteiger partial charge on any atom is -0.451 e. The highest BCUT2D eigenvalue weighted by Gasteiger charge is 2.20. The topological polar surface area (TPSA) is 137 Å². The van der Waals surface area contributed by atoms with Crippen LogP contribution in [0.3, 0.4) is 0 Å². The molecule has 3 aromatic rings. The molecule has 0 aliphatic rings. The van der Waals surface area contributed by atoms with Crippen molar-refractivity contribution >= 4 is 17.6 Å². The van der Waals surface area contributed by atoms with Crippen molar-refractivity contribution in [2.75, 3.05) is 6.54 Å². The summed E-state index contributed by atoms with van der Waals surface area (Å²) in [6.07, 6.45) is -0.838. The van der Waals surface area contributed by atoms with Crippen molar-refractivity contribution < 1.29 is 23.7 Å². The van der Waals surface area contributed by atoms with Crippen LogP contribution in [0.2, 0.25) is 0 Å². The van der Waals surface area contributed by atoms with Gasteiger partial charge in [0.15, 0.2) is 6.10 Å². The zero-order chi connectivity index (χ0) is 20.8. The van der Waals surface area contributed by atoms with E-state index in [0.29, 0.717) is 11.1 Å². The summed E-state index contributed by atoms with van der Waals surface area (Å²) in [5.41, 5.74) is 0.856. The van der Waals surface area contributed by atoms with Gasteiger partial charge in [-0.2, -0.15) is 0 Å². The minimum atomic E-state index is -0.838. The van der Waals surface area contributed by atoms with E-state index >= 15 is 0 Å². The van der Waals surface area contributed by atoms with E-state index in [-0.39, 0.29) is 24.0 Å². The van der Waals surface area contributed by atoms with E-state index in [4.69, 9.17) is 9.15 Å². The van der Waals surface area contributed by atoms with Gasteiger partial charge in [0.1, 0.15) is 6.54 Å². The summed E-state index contributed by atoms with van der Waals surface area (Å²) in [7, 11) is 0. The number of esters is 1. The van der Waals surface area contributed by atoms with Gasteiger partial charge < -0.3 is 14.5 Å². The van der Waals surface area contributed by atoms with Crippen molar-refractivity contribution in [2.45, 2.75) is 13.0 Å². The summed E-state index contributed by atoms with van der Waals surface area (Å²) >= 11 is 0. The SMILES string of the molecule is C[C@@H](OC(=O)CNC(=O)c1ccccc1)c1nnc(-c2ccc([N+](=O)[O-])cc2)o1. The van der Waals surface area contributed by atoms with Gasteiger partial charge in [0.25, 0.3) is 17.5 Å². The predicted molar refractivity (Wildman–Crippen MR) is 99.7 cm³/mol. The number of amides is 1. The molecular formula is C19H16N4O6. The van der Waals surface area contributed by atoms with E-state index in [1.807, 2.05) is 0 Å². The van der Waals surface area contributed by atoms with Crippen LogP contribution in [-0.2, 0) is 9.53 Å². The molecule has 1 heterocycles. The smallest absolute Gasteiger partial charge is 0.326 e. The number of non-ortho nitro benzene ring substituents is 1. The number of rotatable bonds is 7. The van der Waals surface area contributed by atoms with Gasteiger partial charge in [0, 0.05) is 23.3 Å². The largest absolute Gasteiger partial charge is 0.451 e. The molecule has 3 rings (SSSR count). The number of carbonyl (C=O) groups excluding carboxylic acids is 2. The molecule has 10 heteroatoms. The maximum Gasteiger partial charge on any atom is 0.326 e. The first kappa shape index (κ1) is 19.7. The Morgan fingerprint density at radius 1 is 1.14 bits per heavy atom. The molecule has 0 saturated carbocycles. The van der Waals surface area contributed by atoms with E-state index in [9.17, 15) is 19.7 Å². The monoisotopic (exact) mass is 396 g/mol. The lowest BCUT2D eigenvalue weighted by molar-refractivity contribution is -0.384. The number of nitrogens with one attached hydrogen (secondary N) is 1. The molecule has 1 amide bonds. The molecule has 1 aromatic heterocycles. The molecule has 0 saturated heterocycles. The molecule has 0 radical (unpaired) electrons. The number of carbonyl (C=O) groups is 2. The van der Waals surface area contributed by atoms with E-state index in [0.717, 1.165) is 0 Å². The highest BCUT2D eigenvalue weighted by Crippen LogP contribution is 2.24. The second-order valence-corrected chi connectivity index (χ2v) is 5.93. The van der Waals surface area contributed by atoms with Crippen molar-refractivity contribution in [3.05, 3.63) is 76.2 Å². The number of benzene rings is 2. The van der Waals surface area contributed by atoms with Gasteiger partial charge in [-0.05, 0) is 31.2 Å². The number of nitrogens with zero attached hydrogens (tertiary/aromatic N) is 3. The molecule has 0 bridgehead atoms. The van der Waals surface area contributed by atoms with Crippen molar-refractivity contribution in [3.8, 4) is 11.5 Å². The third-order valence-electron chi connectivity index (χ3n) is 3.85. The molecule has 148 valence electrons. The number of aromatic nitrogens is 2. The Bertz CT molecular complexity index is 1020. The first-order valence-electron chi connectivity index (χ1n) is 8.55. The molecule has 0 spiro atoms. The first-order valence-corrected chi connectivity index (χ1v) is 8.55. The number of ether oxygens (including phenoxy) is 1. The van der Waals surface area contributed by atoms with Crippen molar-refractivity contribution in [1.29, 1.82) is 0 Å². The van der Waals surface area contributed by atoms with E-state index in [1.54, 1.807) is 37.3 Å². The lowest BCUT2D eigenvalue weighted by Crippen LogP contribution is -2.31. The van der Waals surface area contributed by atoms with Crippen molar-refractivity contribution in [1.82, 2.24) is 15.5 Å². The number of nitro benzene ring substituents is 1. The lowest BCUT2D eigenvalue weighted by atomic mass is 10.2. The molecular weight excluding hydrogens is 380 g/mol. The summed E-state index contributed by atoms with van der Waals surface area (Å²) in [6, 6.07) is 14.1. The summed E-state index contributed by atoms with van der Waals surface area (Å²) in [4.78, 5) is 34.1. The predicted octanol–water partition coefficient (Wildman–Crippen LogP) is 2.68. The zero-order valence-corrected chi connectivity index (χ0v) is 15.3. The molecule has 0 aliphatic carbocycles. The second kappa shape index (κ2) is 8.74. The van der Waals surface area contributed by atoms with E-state index in [2.05, 4.69) is 15.5 Å². The third kappa shape index (κ3) is 5.01. The number of nitro groups is 1. The van der Waals surface area contributed by atoms with Crippen LogP contribution in [0, 0.1) is 10.1 Å². The Morgan fingerprint density at radius 3 is 2.48 bits per heavy atom. The lowest BCUT2D eigenvalue weighted by Gasteiger charge is -2.10. The van der Waals surface area contributed by atoms with Crippen LogP contribution in [-0.4, -0.2) is 33.5 Å². The highest BCUT2D eigenvalue weighted by atomic mass is 16.6. The van der Waals surface area contributed by atoms with Crippen LogP contribution in [0.4, 0.5) is 5.69 Å². The zero-order valence-electron chi connectivity index (χ0n) is 15.3. The third-order valence-corrected chi connectivity index (χ3v) is 3.85. The maximum atomic E-state index is 12.0. The van der Waals surface area contributed by atoms with Gasteiger partial charge in [0.2, 0.25) is 5.89 Å². The number of hydrogen-bond donors (Lipinski definition) is 1. The highest BCUT2D eigenvalue weighted by molar-refractivity contribution is 5.95. The molecule has 1 atom stereocenters. The summed E-state index contributed by atoms with van der Waals surface area (Å²) in [5, 5.41) is 20.9. The Morgan fingerprint density at radius 2 is 1.83 bits per heavy atom. The normalized spacial score (nSPS) is 11.5. The van der Waals surface area contributed by atoms with Crippen LogP contribution < -0.4 is 5.32 Å². The fraction of sp³-hybridized carbons (Fsp3) is 0.158. The minimum absolute atomic E-state index is 0.0566. The Labute approximate surface area is 164 Å². The van der Waals surface area contributed by atoms with Crippen LogP contribution in [0.5, 0.6) is 0 Å². The quantitative estimate of drug-likeness (QED) is 0.365. The maximum absolute atomic E-state index is 12.0. The van der Waals surface area contributed by atoms with E-state index < -0.39 is 22.9 Å².